The van der Waals surface area contributed by atoms with Crippen molar-refractivity contribution in [3.63, 3.8) is 0 Å². The third-order valence-corrected chi connectivity index (χ3v) is 4.54. The second-order valence-corrected chi connectivity index (χ2v) is 6.49. The highest BCUT2D eigenvalue weighted by Gasteiger charge is 2.43. The van der Waals surface area contributed by atoms with E-state index in [1.807, 2.05) is 32.0 Å². The molecule has 1 aromatic rings. The number of carbonyl (C=O) groups excluding carboxylic acids is 1. The van der Waals surface area contributed by atoms with Gasteiger partial charge in [0.05, 0.1) is 13.0 Å². The summed E-state index contributed by atoms with van der Waals surface area (Å²) in [5.74, 6) is 0.202. The van der Waals surface area contributed by atoms with Crippen LogP contribution in [0.15, 0.2) is 18.2 Å². The van der Waals surface area contributed by atoms with Crippen LogP contribution in [0.1, 0.15) is 17.5 Å². The summed E-state index contributed by atoms with van der Waals surface area (Å²) in [6, 6.07) is 3.95. The molecular weight excluding hydrogens is 347 g/mol. The van der Waals surface area contributed by atoms with Gasteiger partial charge in [0.25, 0.3) is 0 Å². The summed E-state index contributed by atoms with van der Waals surface area (Å²) < 4.78 is 45.3. The Morgan fingerprint density at radius 2 is 1.96 bits per heavy atom. The molecule has 1 heterocycles. The Bertz CT molecular complexity index is 602. The third kappa shape index (κ3) is 6.17. The van der Waals surface area contributed by atoms with Crippen LogP contribution in [-0.4, -0.2) is 62.4 Å². The molecule has 26 heavy (non-hydrogen) atoms. The largest absolute Gasteiger partial charge is 0.493 e. The van der Waals surface area contributed by atoms with Gasteiger partial charge in [-0.2, -0.15) is 13.2 Å². The van der Waals surface area contributed by atoms with Gasteiger partial charge in [0.2, 0.25) is 5.91 Å². The lowest BCUT2D eigenvalue weighted by molar-refractivity contribution is -0.184. The van der Waals surface area contributed by atoms with Gasteiger partial charge in [-0.1, -0.05) is 6.07 Å². The quantitative estimate of drug-likeness (QED) is 0.768. The summed E-state index contributed by atoms with van der Waals surface area (Å²) >= 11 is 0. The smallest absolute Gasteiger partial charge is 0.405 e. The lowest BCUT2D eigenvalue weighted by atomic mass is 10.1. The molecule has 0 bridgehead atoms. The molecule has 1 amide bonds. The van der Waals surface area contributed by atoms with E-state index in [0.717, 1.165) is 11.1 Å². The molecule has 0 spiro atoms. The van der Waals surface area contributed by atoms with Crippen molar-refractivity contribution >= 4 is 5.91 Å². The molecule has 2 rings (SSSR count). The molecule has 1 fully saturated rings. The maximum atomic E-state index is 13.3. The Morgan fingerprint density at radius 1 is 1.27 bits per heavy atom. The molecule has 8 heteroatoms. The number of alkyl halides is 3. The van der Waals surface area contributed by atoms with E-state index in [2.05, 4.69) is 10.6 Å². The van der Waals surface area contributed by atoms with Crippen LogP contribution in [0.3, 0.4) is 0 Å². The average Bonchev–Trinajstić information content (AvgIpc) is 2.58. The fourth-order valence-electron chi connectivity index (χ4n) is 2.81. The standard InChI is InChI=1S/C18H26F3N3O2/c1-13-3-4-15(11-14(13)2)26-10-5-17(25)23-12-16(18(19,20)21)24-8-6-22-7-9-24/h3-4,11,16,22H,5-10,12H2,1-2H3,(H,23,25). The number of halogens is 3. The molecule has 0 aliphatic carbocycles. The number of nitrogens with one attached hydrogen (secondary N) is 2. The Hall–Kier alpha value is -1.80. The number of benzene rings is 1. The van der Waals surface area contributed by atoms with Crippen LogP contribution in [0.5, 0.6) is 5.75 Å². The van der Waals surface area contributed by atoms with Crippen molar-refractivity contribution < 1.29 is 22.7 Å². The van der Waals surface area contributed by atoms with Gasteiger partial charge >= 0.3 is 6.18 Å². The fourth-order valence-corrected chi connectivity index (χ4v) is 2.81. The number of hydrogen-bond donors (Lipinski definition) is 2. The fraction of sp³-hybridized carbons (Fsp3) is 0.611. The maximum absolute atomic E-state index is 13.3. The highest BCUT2D eigenvalue weighted by molar-refractivity contribution is 5.76. The van der Waals surface area contributed by atoms with Crippen LogP contribution in [0.25, 0.3) is 0 Å². The first-order valence-corrected chi connectivity index (χ1v) is 8.75. The van der Waals surface area contributed by atoms with Gasteiger partial charge in [-0.05, 0) is 37.1 Å². The molecule has 0 aromatic heterocycles. The van der Waals surface area contributed by atoms with Crippen molar-refractivity contribution in [3.05, 3.63) is 29.3 Å². The number of nitrogens with zero attached hydrogens (tertiary/aromatic N) is 1. The molecule has 1 aromatic carbocycles. The van der Waals surface area contributed by atoms with E-state index in [-0.39, 0.29) is 13.0 Å². The first-order chi connectivity index (χ1) is 12.3. The van der Waals surface area contributed by atoms with Crippen LogP contribution in [0.4, 0.5) is 13.2 Å². The van der Waals surface area contributed by atoms with Gasteiger partial charge in [0.1, 0.15) is 11.8 Å². The predicted octanol–water partition coefficient (Wildman–Crippen LogP) is 2.02. The van der Waals surface area contributed by atoms with Crippen LogP contribution < -0.4 is 15.4 Å². The Balaban J connectivity index is 1.77. The predicted molar refractivity (Wildman–Crippen MR) is 93.3 cm³/mol. The van der Waals surface area contributed by atoms with Gasteiger partial charge in [-0.3, -0.25) is 9.69 Å². The monoisotopic (exact) mass is 373 g/mol. The summed E-state index contributed by atoms with van der Waals surface area (Å²) in [5.41, 5.74) is 2.22. The van der Waals surface area contributed by atoms with Crippen molar-refractivity contribution in [2.75, 3.05) is 39.3 Å². The molecule has 1 unspecified atom stereocenters. The van der Waals surface area contributed by atoms with E-state index in [1.165, 1.54) is 4.90 Å². The highest BCUT2D eigenvalue weighted by Crippen LogP contribution is 2.24. The zero-order valence-electron chi connectivity index (χ0n) is 15.2. The number of carbonyl (C=O) groups is 1. The van der Waals surface area contributed by atoms with Gasteiger partial charge in [-0.25, -0.2) is 0 Å². The Labute approximate surface area is 151 Å². The number of piperazine rings is 1. The topological polar surface area (TPSA) is 53.6 Å². The summed E-state index contributed by atoms with van der Waals surface area (Å²) in [6.07, 6.45) is -4.36. The van der Waals surface area contributed by atoms with E-state index in [1.54, 1.807) is 0 Å². The number of ether oxygens (including phenoxy) is 1. The van der Waals surface area contributed by atoms with Gasteiger partial charge in [0.15, 0.2) is 0 Å². The molecule has 146 valence electrons. The minimum absolute atomic E-state index is 0.0130. The summed E-state index contributed by atoms with van der Waals surface area (Å²) in [5, 5.41) is 5.42. The minimum atomic E-state index is -4.37. The lowest BCUT2D eigenvalue weighted by Gasteiger charge is -2.35. The molecular formula is C18H26F3N3O2. The normalized spacial score (nSPS) is 17.0. The van der Waals surface area contributed by atoms with E-state index in [4.69, 9.17) is 4.74 Å². The molecule has 1 aliphatic rings. The van der Waals surface area contributed by atoms with Crippen LogP contribution in [0.2, 0.25) is 0 Å². The first-order valence-electron chi connectivity index (χ1n) is 8.75. The van der Waals surface area contributed by atoms with E-state index < -0.39 is 24.7 Å². The van der Waals surface area contributed by atoms with Crippen molar-refractivity contribution in [3.8, 4) is 5.75 Å². The second kappa shape index (κ2) is 9.23. The number of rotatable bonds is 7. The van der Waals surface area contributed by atoms with Gasteiger partial charge < -0.3 is 15.4 Å². The van der Waals surface area contributed by atoms with Gasteiger partial charge in [0, 0.05) is 32.7 Å². The molecule has 1 aliphatic heterocycles. The average molecular weight is 373 g/mol. The zero-order chi connectivity index (χ0) is 19.2. The summed E-state index contributed by atoms with van der Waals surface area (Å²) in [4.78, 5) is 13.2. The molecule has 2 N–H and O–H groups in total. The SMILES string of the molecule is Cc1ccc(OCCC(=O)NCC(N2CCNCC2)C(F)(F)F)cc1C. The number of amides is 1. The maximum Gasteiger partial charge on any atom is 0.405 e. The van der Waals surface area contributed by atoms with Crippen LogP contribution in [-0.2, 0) is 4.79 Å². The first kappa shape index (κ1) is 20.5. The molecule has 0 radical (unpaired) electrons. The van der Waals surface area contributed by atoms with E-state index in [0.29, 0.717) is 31.9 Å². The van der Waals surface area contributed by atoms with Crippen molar-refractivity contribution in [2.45, 2.75) is 32.5 Å². The molecule has 1 saturated heterocycles. The molecule has 0 saturated carbocycles. The summed E-state index contributed by atoms with van der Waals surface area (Å²) in [7, 11) is 0. The lowest BCUT2D eigenvalue weighted by Crippen LogP contribution is -2.57. The van der Waals surface area contributed by atoms with Gasteiger partial charge in [-0.15, -0.1) is 0 Å². The summed E-state index contributed by atoms with van der Waals surface area (Å²) in [6.45, 7) is 5.30. The number of hydrogen-bond acceptors (Lipinski definition) is 4. The van der Waals surface area contributed by atoms with Crippen LogP contribution >= 0.6 is 0 Å². The zero-order valence-corrected chi connectivity index (χ0v) is 15.2. The van der Waals surface area contributed by atoms with E-state index >= 15 is 0 Å². The second-order valence-electron chi connectivity index (χ2n) is 6.49. The third-order valence-electron chi connectivity index (χ3n) is 4.54. The number of aryl methyl sites for hydroxylation is 2. The highest BCUT2D eigenvalue weighted by atomic mass is 19.4. The molecule has 1 atom stereocenters. The Morgan fingerprint density at radius 3 is 2.58 bits per heavy atom. The molecule has 5 nitrogen and oxygen atoms in total. The van der Waals surface area contributed by atoms with Crippen LogP contribution in [0, 0.1) is 13.8 Å². The van der Waals surface area contributed by atoms with Crippen molar-refractivity contribution in [1.82, 2.24) is 15.5 Å². The Kier molecular flexibility index (Phi) is 7.28. The van der Waals surface area contributed by atoms with Crippen molar-refractivity contribution in [1.29, 1.82) is 0 Å². The van der Waals surface area contributed by atoms with E-state index in [9.17, 15) is 18.0 Å². The minimum Gasteiger partial charge on any atom is -0.493 e. The van der Waals surface area contributed by atoms with Crippen molar-refractivity contribution in [2.24, 2.45) is 0 Å².